The monoisotopic (exact) mass is 399 g/mol. The van der Waals surface area contributed by atoms with Crippen molar-refractivity contribution in [1.29, 1.82) is 0 Å². The number of halogens is 3. The van der Waals surface area contributed by atoms with Crippen LogP contribution >= 0.6 is 31.9 Å². The summed E-state index contributed by atoms with van der Waals surface area (Å²) in [5.74, 6) is -0.167. The highest BCUT2D eigenvalue weighted by Gasteiger charge is 2.17. The second kappa shape index (κ2) is 6.72. The normalized spacial score (nSPS) is 12.2. The smallest absolute Gasteiger partial charge is 0.128 e. The Morgan fingerprint density at radius 3 is 2.50 bits per heavy atom. The molecule has 0 radical (unpaired) electrons. The maximum Gasteiger partial charge on any atom is 0.128 e. The zero-order valence-corrected chi connectivity index (χ0v) is 14.6. The largest absolute Gasteiger partial charge is 0.367 e. The highest BCUT2D eigenvalue weighted by Crippen LogP contribution is 2.33. The molecule has 2 aromatic rings. The van der Waals surface area contributed by atoms with E-state index >= 15 is 0 Å². The van der Waals surface area contributed by atoms with Crippen LogP contribution < -0.4 is 4.90 Å². The van der Waals surface area contributed by atoms with E-state index in [2.05, 4.69) is 55.0 Å². The quantitative estimate of drug-likeness (QED) is 0.596. The minimum absolute atomic E-state index is 0.0395. The Balaban J connectivity index is 2.31. The number of nitrogens with zero attached hydrogens (tertiary/aromatic N) is 1. The van der Waals surface area contributed by atoms with Crippen molar-refractivity contribution in [2.75, 3.05) is 11.9 Å². The maximum atomic E-state index is 13.9. The lowest BCUT2D eigenvalue weighted by Crippen LogP contribution is -2.22. The molecule has 1 unspecified atom stereocenters. The van der Waals surface area contributed by atoms with Gasteiger partial charge in [0.1, 0.15) is 5.82 Å². The van der Waals surface area contributed by atoms with E-state index in [-0.39, 0.29) is 11.9 Å². The van der Waals surface area contributed by atoms with Gasteiger partial charge in [-0.2, -0.15) is 0 Å². The van der Waals surface area contributed by atoms with E-state index in [1.54, 1.807) is 6.07 Å². The van der Waals surface area contributed by atoms with Gasteiger partial charge >= 0.3 is 0 Å². The Hall–Kier alpha value is -0.870. The summed E-state index contributed by atoms with van der Waals surface area (Å²) in [5.41, 5.74) is 2.95. The van der Waals surface area contributed by atoms with Crippen molar-refractivity contribution in [2.45, 2.75) is 18.3 Å². The molecule has 0 aliphatic carbocycles. The molecule has 0 heterocycles. The Bertz CT molecular complexity index is 601. The summed E-state index contributed by atoms with van der Waals surface area (Å²) in [6.07, 6.45) is 0. The number of hydrogen-bond donors (Lipinski definition) is 0. The summed E-state index contributed by atoms with van der Waals surface area (Å²) in [5, 5.41) is 0.818. The Morgan fingerprint density at radius 2 is 1.90 bits per heavy atom. The molecule has 0 fully saturated rings. The molecule has 4 heteroatoms. The molecule has 0 amide bonds. The predicted molar refractivity (Wildman–Crippen MR) is 90.0 cm³/mol. The summed E-state index contributed by atoms with van der Waals surface area (Å²) >= 11 is 7.04. The van der Waals surface area contributed by atoms with E-state index in [0.717, 1.165) is 15.5 Å². The van der Waals surface area contributed by atoms with E-state index in [1.165, 1.54) is 11.6 Å². The summed E-state index contributed by atoms with van der Waals surface area (Å²) < 4.78 is 14.9. The summed E-state index contributed by atoms with van der Waals surface area (Å²) in [7, 11) is 1.98. The Kier molecular flexibility index (Phi) is 5.22. The topological polar surface area (TPSA) is 3.24 Å². The molecule has 0 bridgehead atoms. The van der Waals surface area contributed by atoms with E-state index in [1.807, 2.05) is 26.1 Å². The van der Waals surface area contributed by atoms with Crippen molar-refractivity contribution in [3.8, 4) is 0 Å². The zero-order valence-electron chi connectivity index (χ0n) is 11.4. The number of benzene rings is 2. The van der Waals surface area contributed by atoms with Crippen molar-refractivity contribution >= 4 is 37.5 Å². The third-order valence-electron chi connectivity index (χ3n) is 3.48. The molecule has 0 aliphatic heterocycles. The third kappa shape index (κ3) is 3.23. The zero-order chi connectivity index (χ0) is 14.7. The van der Waals surface area contributed by atoms with Crippen molar-refractivity contribution in [1.82, 2.24) is 0 Å². The molecular weight excluding hydrogens is 385 g/mol. The average Bonchev–Trinajstić information content (AvgIpc) is 2.46. The molecular formula is C16H16Br2FN. The van der Waals surface area contributed by atoms with Crippen molar-refractivity contribution in [3.63, 3.8) is 0 Å². The van der Waals surface area contributed by atoms with E-state index in [4.69, 9.17) is 0 Å². The predicted octanol–water partition coefficient (Wildman–Crippen LogP) is 5.68. The second-order valence-electron chi connectivity index (χ2n) is 4.73. The SMILES string of the molecule is CC(c1ccccc1F)N(C)c1ccc(CBr)cc1Br. The van der Waals surface area contributed by atoms with Gasteiger partial charge in [-0.25, -0.2) is 4.39 Å². The van der Waals surface area contributed by atoms with Gasteiger partial charge in [0.05, 0.1) is 11.7 Å². The van der Waals surface area contributed by atoms with E-state index in [0.29, 0.717) is 5.56 Å². The van der Waals surface area contributed by atoms with Gasteiger partial charge in [-0.1, -0.05) is 40.2 Å². The highest BCUT2D eigenvalue weighted by atomic mass is 79.9. The first-order valence-corrected chi connectivity index (χ1v) is 8.27. The summed E-state index contributed by atoms with van der Waals surface area (Å²) in [4.78, 5) is 2.07. The molecule has 2 rings (SSSR count). The molecule has 106 valence electrons. The number of hydrogen-bond acceptors (Lipinski definition) is 1. The first-order chi connectivity index (χ1) is 9.54. The Morgan fingerprint density at radius 1 is 1.20 bits per heavy atom. The number of alkyl halides is 1. The van der Waals surface area contributed by atoms with Crippen LogP contribution in [0.2, 0.25) is 0 Å². The van der Waals surface area contributed by atoms with Gasteiger partial charge in [0, 0.05) is 22.4 Å². The van der Waals surface area contributed by atoms with Crippen LogP contribution in [0.25, 0.3) is 0 Å². The standard InChI is InChI=1S/C16H16Br2FN/c1-11(13-5-3-4-6-15(13)19)20(2)16-8-7-12(10-17)9-14(16)18/h3-9,11H,10H2,1-2H3. The first kappa shape index (κ1) is 15.5. The molecule has 1 atom stereocenters. The minimum Gasteiger partial charge on any atom is -0.367 e. The Labute approximate surface area is 136 Å². The number of anilines is 1. The molecule has 0 saturated heterocycles. The summed E-state index contributed by atoms with van der Waals surface area (Å²) in [6.45, 7) is 2.00. The van der Waals surface area contributed by atoms with Crippen LogP contribution in [0.15, 0.2) is 46.9 Å². The van der Waals surface area contributed by atoms with Gasteiger partial charge in [-0.15, -0.1) is 0 Å². The van der Waals surface area contributed by atoms with Crippen LogP contribution in [-0.4, -0.2) is 7.05 Å². The molecule has 0 aliphatic rings. The van der Waals surface area contributed by atoms with Crippen molar-refractivity contribution in [3.05, 3.63) is 63.9 Å². The fraction of sp³-hybridized carbons (Fsp3) is 0.250. The lowest BCUT2D eigenvalue weighted by atomic mass is 10.1. The maximum absolute atomic E-state index is 13.9. The molecule has 0 spiro atoms. The lowest BCUT2D eigenvalue weighted by Gasteiger charge is -2.28. The van der Waals surface area contributed by atoms with Crippen molar-refractivity contribution < 1.29 is 4.39 Å². The van der Waals surface area contributed by atoms with Crippen LogP contribution in [0.3, 0.4) is 0 Å². The van der Waals surface area contributed by atoms with Gasteiger partial charge in [0.2, 0.25) is 0 Å². The van der Waals surface area contributed by atoms with Gasteiger partial charge in [-0.3, -0.25) is 0 Å². The number of rotatable bonds is 4. The van der Waals surface area contributed by atoms with Gasteiger partial charge in [0.15, 0.2) is 0 Å². The molecule has 0 N–H and O–H groups in total. The molecule has 0 saturated carbocycles. The third-order valence-corrected chi connectivity index (χ3v) is 4.77. The first-order valence-electron chi connectivity index (χ1n) is 6.36. The van der Waals surface area contributed by atoms with Crippen LogP contribution in [-0.2, 0) is 5.33 Å². The van der Waals surface area contributed by atoms with Crippen LogP contribution in [0, 0.1) is 5.82 Å². The van der Waals surface area contributed by atoms with Crippen LogP contribution in [0.5, 0.6) is 0 Å². The van der Waals surface area contributed by atoms with E-state index in [9.17, 15) is 4.39 Å². The van der Waals surface area contributed by atoms with Crippen LogP contribution in [0.4, 0.5) is 10.1 Å². The fourth-order valence-corrected chi connectivity index (χ4v) is 3.21. The molecule has 1 nitrogen and oxygen atoms in total. The molecule has 20 heavy (non-hydrogen) atoms. The summed E-state index contributed by atoms with van der Waals surface area (Å²) in [6, 6.07) is 13.1. The highest BCUT2D eigenvalue weighted by molar-refractivity contribution is 9.10. The average molecular weight is 401 g/mol. The van der Waals surface area contributed by atoms with Gasteiger partial charge < -0.3 is 4.90 Å². The van der Waals surface area contributed by atoms with Gasteiger partial charge in [-0.05, 0) is 46.6 Å². The minimum atomic E-state index is -0.167. The lowest BCUT2D eigenvalue weighted by molar-refractivity contribution is 0.585. The molecule has 2 aromatic carbocycles. The van der Waals surface area contributed by atoms with Crippen LogP contribution in [0.1, 0.15) is 24.1 Å². The second-order valence-corrected chi connectivity index (χ2v) is 6.14. The van der Waals surface area contributed by atoms with Crippen molar-refractivity contribution in [2.24, 2.45) is 0 Å². The van der Waals surface area contributed by atoms with Gasteiger partial charge in [0.25, 0.3) is 0 Å². The van der Waals surface area contributed by atoms with E-state index < -0.39 is 0 Å². The molecule has 0 aromatic heterocycles. The fourth-order valence-electron chi connectivity index (χ4n) is 2.15.